The summed E-state index contributed by atoms with van der Waals surface area (Å²) in [6, 6.07) is 3.16. The topological polar surface area (TPSA) is 76.7 Å². The van der Waals surface area contributed by atoms with E-state index in [-0.39, 0.29) is 11.6 Å². The predicted octanol–water partition coefficient (Wildman–Crippen LogP) is 1.71. The third-order valence-corrected chi connectivity index (χ3v) is 4.66. The zero-order valence-electron chi connectivity index (χ0n) is 14.3. The molecule has 1 aromatic carbocycles. The van der Waals surface area contributed by atoms with Crippen molar-refractivity contribution in [1.82, 2.24) is 0 Å². The minimum atomic E-state index is -0.444. The Kier molecular flexibility index (Phi) is 5.36. The third kappa shape index (κ3) is 4.28. The van der Waals surface area contributed by atoms with Crippen LogP contribution in [0.25, 0.3) is 0 Å². The highest BCUT2D eigenvalue weighted by molar-refractivity contribution is 5.95. The summed E-state index contributed by atoms with van der Waals surface area (Å²) in [6.07, 6.45) is 1.20. The van der Waals surface area contributed by atoms with E-state index in [9.17, 15) is 14.9 Å². The number of likely N-dealkylation sites (tertiary alicyclic amines) is 1. The van der Waals surface area contributed by atoms with Crippen molar-refractivity contribution in [2.75, 3.05) is 25.0 Å². The normalized spacial score (nSPS) is 24.3. The van der Waals surface area contributed by atoms with E-state index < -0.39 is 4.92 Å². The number of aryl methyl sites for hydroxylation is 1. The lowest BCUT2D eigenvalue weighted by atomic mass is 9.92. The average Bonchev–Trinajstić information content (AvgIpc) is 2.42. The molecule has 1 heterocycles. The van der Waals surface area contributed by atoms with Crippen LogP contribution in [-0.2, 0) is 4.79 Å². The van der Waals surface area contributed by atoms with Gasteiger partial charge in [-0.05, 0) is 31.4 Å². The Balaban J connectivity index is 2.11. The van der Waals surface area contributed by atoms with E-state index in [0.29, 0.717) is 24.1 Å². The highest BCUT2D eigenvalue weighted by Gasteiger charge is 2.27. The molecule has 0 radical (unpaired) electrons. The van der Waals surface area contributed by atoms with Gasteiger partial charge in [-0.15, -0.1) is 0 Å². The molecule has 2 rings (SSSR count). The molecule has 1 saturated heterocycles. The Morgan fingerprint density at radius 1 is 1.30 bits per heavy atom. The molecule has 1 aliphatic heterocycles. The molecule has 1 aromatic rings. The molecule has 0 aliphatic carbocycles. The van der Waals surface area contributed by atoms with E-state index in [2.05, 4.69) is 19.2 Å². The van der Waals surface area contributed by atoms with Crippen molar-refractivity contribution in [1.29, 1.82) is 0 Å². The maximum absolute atomic E-state index is 12.4. The number of hydrogen-bond donors (Lipinski definition) is 2. The molecule has 0 saturated carbocycles. The van der Waals surface area contributed by atoms with Crippen LogP contribution in [0.4, 0.5) is 11.4 Å². The molecule has 6 heteroatoms. The molecule has 0 spiro atoms. The summed E-state index contributed by atoms with van der Waals surface area (Å²) in [5.41, 5.74) is 1.97. The highest BCUT2D eigenvalue weighted by atomic mass is 16.6. The van der Waals surface area contributed by atoms with Gasteiger partial charge in [-0.3, -0.25) is 14.9 Å². The number of anilines is 1. The van der Waals surface area contributed by atoms with Crippen molar-refractivity contribution in [2.45, 2.75) is 34.1 Å². The molecule has 0 unspecified atom stereocenters. The Labute approximate surface area is 137 Å². The van der Waals surface area contributed by atoms with Crippen LogP contribution < -0.4 is 10.2 Å². The number of nitro benzene ring substituents is 1. The van der Waals surface area contributed by atoms with Crippen LogP contribution in [-0.4, -0.2) is 30.5 Å². The molecule has 23 heavy (non-hydrogen) atoms. The van der Waals surface area contributed by atoms with Crippen LogP contribution in [0.15, 0.2) is 12.1 Å². The van der Waals surface area contributed by atoms with Crippen molar-refractivity contribution in [2.24, 2.45) is 11.8 Å². The first-order chi connectivity index (χ1) is 10.8. The monoisotopic (exact) mass is 320 g/mol. The van der Waals surface area contributed by atoms with Crippen LogP contribution in [0, 0.1) is 35.8 Å². The fourth-order valence-corrected chi connectivity index (χ4v) is 3.59. The smallest absolute Gasteiger partial charge is 0.293 e. The van der Waals surface area contributed by atoms with Crippen molar-refractivity contribution in [3.05, 3.63) is 33.4 Å². The molecule has 2 atom stereocenters. The second-order valence-corrected chi connectivity index (χ2v) is 6.99. The number of rotatable bonds is 4. The minimum Gasteiger partial charge on any atom is -0.327 e. The molecule has 126 valence electrons. The van der Waals surface area contributed by atoms with Crippen LogP contribution in [0.1, 0.15) is 31.4 Å². The second-order valence-electron chi connectivity index (χ2n) is 6.99. The van der Waals surface area contributed by atoms with Gasteiger partial charge in [-0.2, -0.15) is 0 Å². The number of carbonyl (C=O) groups excluding carboxylic acids is 1. The first-order valence-corrected chi connectivity index (χ1v) is 8.16. The summed E-state index contributed by atoms with van der Waals surface area (Å²) < 4.78 is 0. The van der Waals surface area contributed by atoms with Gasteiger partial charge in [0.1, 0.15) is 5.69 Å². The molecule has 0 bridgehead atoms. The lowest BCUT2D eigenvalue weighted by molar-refractivity contribution is -0.904. The van der Waals surface area contributed by atoms with Gasteiger partial charge in [0.05, 0.1) is 18.0 Å². The van der Waals surface area contributed by atoms with Crippen LogP contribution in [0.5, 0.6) is 0 Å². The Morgan fingerprint density at radius 3 is 2.48 bits per heavy atom. The van der Waals surface area contributed by atoms with Crippen molar-refractivity contribution in [3.63, 3.8) is 0 Å². The third-order valence-electron chi connectivity index (χ3n) is 4.66. The van der Waals surface area contributed by atoms with Crippen LogP contribution in [0.2, 0.25) is 0 Å². The average molecular weight is 320 g/mol. The first kappa shape index (κ1) is 17.4. The van der Waals surface area contributed by atoms with Crippen molar-refractivity contribution < 1.29 is 14.6 Å². The summed E-state index contributed by atoms with van der Waals surface area (Å²) in [4.78, 5) is 24.4. The van der Waals surface area contributed by atoms with Crippen molar-refractivity contribution in [3.8, 4) is 0 Å². The molecule has 1 aliphatic rings. The number of quaternary nitrogens is 1. The fourth-order valence-electron chi connectivity index (χ4n) is 3.59. The zero-order valence-corrected chi connectivity index (χ0v) is 14.3. The van der Waals surface area contributed by atoms with Gasteiger partial charge in [0.2, 0.25) is 0 Å². The molecular weight excluding hydrogens is 294 g/mol. The summed E-state index contributed by atoms with van der Waals surface area (Å²) >= 11 is 0. The molecule has 1 fully saturated rings. The van der Waals surface area contributed by atoms with E-state index in [1.807, 2.05) is 6.92 Å². The molecule has 1 amide bonds. The van der Waals surface area contributed by atoms with Gasteiger partial charge in [-0.25, -0.2) is 0 Å². The maximum atomic E-state index is 12.4. The van der Waals surface area contributed by atoms with Crippen LogP contribution in [0.3, 0.4) is 0 Å². The van der Waals surface area contributed by atoms with Gasteiger partial charge in [0.15, 0.2) is 6.54 Å². The number of carbonyl (C=O) groups is 1. The van der Waals surface area contributed by atoms with Crippen LogP contribution >= 0.6 is 0 Å². The number of hydrogen-bond acceptors (Lipinski definition) is 3. The van der Waals surface area contributed by atoms with E-state index >= 15 is 0 Å². The maximum Gasteiger partial charge on any atom is 0.293 e. The lowest BCUT2D eigenvalue weighted by Crippen LogP contribution is -3.15. The summed E-state index contributed by atoms with van der Waals surface area (Å²) in [5, 5.41) is 14.0. The first-order valence-electron chi connectivity index (χ1n) is 8.16. The zero-order chi connectivity index (χ0) is 17.1. The van der Waals surface area contributed by atoms with E-state index in [1.165, 1.54) is 17.4 Å². The largest absolute Gasteiger partial charge is 0.327 e. The number of amides is 1. The summed E-state index contributed by atoms with van der Waals surface area (Å²) in [7, 11) is 0. The Bertz CT molecular complexity index is 605. The minimum absolute atomic E-state index is 0.0446. The molecule has 0 aromatic heterocycles. The van der Waals surface area contributed by atoms with E-state index in [1.54, 1.807) is 13.0 Å². The Hall–Kier alpha value is -1.95. The van der Waals surface area contributed by atoms with Crippen molar-refractivity contribution >= 4 is 17.3 Å². The summed E-state index contributed by atoms with van der Waals surface area (Å²) in [5.74, 6) is 1.06. The fraction of sp³-hybridized carbons (Fsp3) is 0.588. The van der Waals surface area contributed by atoms with Gasteiger partial charge in [0, 0.05) is 17.9 Å². The highest BCUT2D eigenvalue weighted by Crippen LogP contribution is 2.30. The van der Waals surface area contributed by atoms with E-state index in [0.717, 1.165) is 24.2 Å². The molecule has 2 N–H and O–H groups in total. The predicted molar refractivity (Wildman–Crippen MR) is 89.7 cm³/mol. The Morgan fingerprint density at radius 2 is 1.91 bits per heavy atom. The lowest BCUT2D eigenvalue weighted by Gasteiger charge is -2.31. The standard InChI is InChI=1S/C17H25N3O3/c1-11-7-12(2)9-19(8-11)10-16(21)18-17-14(4)13(3)5-6-15(17)20(22)23/h5-6,11-12H,7-10H2,1-4H3,(H,18,21)/p+1/t11-,12-/m0/s1. The van der Waals surface area contributed by atoms with Gasteiger partial charge < -0.3 is 10.2 Å². The number of nitrogens with one attached hydrogen (secondary N) is 2. The quantitative estimate of drug-likeness (QED) is 0.655. The molecule has 6 nitrogen and oxygen atoms in total. The molecular formula is C17H26N3O3+. The van der Waals surface area contributed by atoms with Gasteiger partial charge in [-0.1, -0.05) is 19.9 Å². The SMILES string of the molecule is Cc1ccc([N+](=O)[O-])c(NC(=O)C[NH+]2C[C@@H](C)C[C@H](C)C2)c1C. The number of nitrogens with zero attached hydrogens (tertiary/aromatic N) is 1. The number of nitro groups is 1. The van der Waals surface area contributed by atoms with Gasteiger partial charge >= 0.3 is 0 Å². The van der Waals surface area contributed by atoms with Gasteiger partial charge in [0.25, 0.3) is 11.6 Å². The van der Waals surface area contributed by atoms with E-state index in [4.69, 9.17) is 0 Å². The number of piperidine rings is 1. The summed E-state index contributed by atoms with van der Waals surface area (Å²) in [6.45, 7) is 10.4. The second kappa shape index (κ2) is 7.08. The number of benzene rings is 1.